The molecule has 0 atom stereocenters. The van der Waals surface area contributed by atoms with Gasteiger partial charge in [0.1, 0.15) is 5.82 Å². The van der Waals surface area contributed by atoms with Crippen LogP contribution in [-0.2, 0) is 0 Å². The van der Waals surface area contributed by atoms with Gasteiger partial charge in [-0.3, -0.25) is 5.32 Å². The van der Waals surface area contributed by atoms with Crippen molar-refractivity contribution in [3.8, 4) is 5.75 Å². The molecule has 2 aromatic rings. The van der Waals surface area contributed by atoms with Crippen molar-refractivity contribution in [2.45, 2.75) is 0 Å². The summed E-state index contributed by atoms with van der Waals surface area (Å²) in [4.78, 5) is 11.4. The Morgan fingerprint density at radius 1 is 0.944 bits per heavy atom. The summed E-state index contributed by atoms with van der Waals surface area (Å²) in [5.74, 6) is -1.48. The van der Waals surface area contributed by atoms with Crippen LogP contribution in [0.15, 0.2) is 48.5 Å². The molecule has 92 valence electrons. The van der Waals surface area contributed by atoms with Crippen LogP contribution in [0.1, 0.15) is 0 Å². The Morgan fingerprint density at radius 3 is 2.22 bits per heavy atom. The van der Waals surface area contributed by atoms with E-state index >= 15 is 0 Å². The predicted molar refractivity (Wildman–Crippen MR) is 62.4 cm³/mol. The van der Waals surface area contributed by atoms with Crippen LogP contribution in [0.4, 0.5) is 19.3 Å². The Labute approximate surface area is 102 Å². The zero-order valence-electron chi connectivity index (χ0n) is 9.19. The molecule has 1 N–H and O–H groups in total. The van der Waals surface area contributed by atoms with Gasteiger partial charge in [0.15, 0.2) is 11.6 Å². The zero-order chi connectivity index (χ0) is 13.0. The summed E-state index contributed by atoms with van der Waals surface area (Å²) in [5, 5.41) is 2.18. The van der Waals surface area contributed by atoms with E-state index < -0.39 is 17.7 Å². The van der Waals surface area contributed by atoms with Crippen LogP contribution in [0.5, 0.6) is 5.75 Å². The number of rotatable bonds is 2. The molecule has 5 heteroatoms. The summed E-state index contributed by atoms with van der Waals surface area (Å²) in [6, 6.07) is 11.1. The van der Waals surface area contributed by atoms with Crippen molar-refractivity contribution in [1.29, 1.82) is 0 Å². The number of carbonyl (C=O) groups is 1. The van der Waals surface area contributed by atoms with Gasteiger partial charge in [0.25, 0.3) is 0 Å². The van der Waals surface area contributed by atoms with E-state index in [1.54, 1.807) is 6.07 Å². The lowest BCUT2D eigenvalue weighted by Crippen LogP contribution is -2.18. The number of anilines is 1. The minimum atomic E-state index is -0.954. The number of hydrogen-bond donors (Lipinski definition) is 1. The van der Waals surface area contributed by atoms with Gasteiger partial charge in [-0.25, -0.2) is 13.6 Å². The third-order valence-electron chi connectivity index (χ3n) is 2.15. The SMILES string of the molecule is O=C(Nc1ccccc1F)Oc1ccccc1F. The molecule has 0 aliphatic heterocycles. The summed E-state index contributed by atoms with van der Waals surface area (Å²) in [5.41, 5.74) is -0.0289. The molecule has 0 aromatic heterocycles. The molecule has 0 fully saturated rings. The number of halogens is 2. The van der Waals surface area contributed by atoms with Crippen LogP contribution in [0.2, 0.25) is 0 Å². The first-order chi connectivity index (χ1) is 8.66. The molecule has 0 heterocycles. The van der Waals surface area contributed by atoms with Gasteiger partial charge in [-0.15, -0.1) is 0 Å². The van der Waals surface area contributed by atoms with E-state index in [4.69, 9.17) is 4.74 Å². The minimum absolute atomic E-state index is 0.0289. The molecular formula is C13H9F2NO2. The second-order valence-electron chi connectivity index (χ2n) is 3.42. The number of para-hydroxylation sites is 2. The van der Waals surface area contributed by atoms with Gasteiger partial charge < -0.3 is 4.74 Å². The van der Waals surface area contributed by atoms with Crippen molar-refractivity contribution in [2.75, 3.05) is 5.32 Å². The van der Waals surface area contributed by atoms with Crippen molar-refractivity contribution in [3.63, 3.8) is 0 Å². The topological polar surface area (TPSA) is 38.3 Å². The number of amides is 1. The average molecular weight is 249 g/mol. The summed E-state index contributed by atoms with van der Waals surface area (Å²) in [7, 11) is 0. The predicted octanol–water partition coefficient (Wildman–Crippen LogP) is 3.58. The first-order valence-corrected chi connectivity index (χ1v) is 5.15. The van der Waals surface area contributed by atoms with Crippen molar-refractivity contribution < 1.29 is 18.3 Å². The quantitative estimate of drug-likeness (QED) is 0.883. The largest absolute Gasteiger partial charge is 0.417 e. The Hall–Kier alpha value is -2.43. The molecule has 2 rings (SSSR count). The Balaban J connectivity index is 2.06. The molecule has 0 bridgehead atoms. The summed E-state index contributed by atoms with van der Waals surface area (Å²) in [6.45, 7) is 0. The van der Waals surface area contributed by atoms with Gasteiger partial charge >= 0.3 is 6.09 Å². The molecule has 2 aromatic carbocycles. The molecule has 0 saturated heterocycles. The fraction of sp³-hybridized carbons (Fsp3) is 0. The van der Waals surface area contributed by atoms with Gasteiger partial charge in [-0.05, 0) is 24.3 Å². The van der Waals surface area contributed by atoms with Crippen LogP contribution in [-0.4, -0.2) is 6.09 Å². The van der Waals surface area contributed by atoms with Gasteiger partial charge in [0.2, 0.25) is 0 Å². The molecule has 0 spiro atoms. The molecule has 3 nitrogen and oxygen atoms in total. The van der Waals surface area contributed by atoms with Crippen molar-refractivity contribution in [1.82, 2.24) is 0 Å². The van der Waals surface area contributed by atoms with Gasteiger partial charge in [-0.2, -0.15) is 0 Å². The van der Waals surface area contributed by atoms with E-state index in [1.807, 2.05) is 0 Å². The molecule has 0 aliphatic rings. The highest BCUT2D eigenvalue weighted by atomic mass is 19.1. The number of ether oxygens (including phenoxy) is 1. The second kappa shape index (κ2) is 5.27. The fourth-order valence-corrected chi connectivity index (χ4v) is 1.33. The van der Waals surface area contributed by atoms with E-state index in [0.717, 1.165) is 6.07 Å². The fourth-order valence-electron chi connectivity index (χ4n) is 1.33. The number of carbonyl (C=O) groups excluding carboxylic acids is 1. The smallest absolute Gasteiger partial charge is 0.407 e. The Morgan fingerprint density at radius 2 is 1.56 bits per heavy atom. The summed E-state index contributed by atoms with van der Waals surface area (Å²) >= 11 is 0. The van der Waals surface area contributed by atoms with Crippen LogP contribution < -0.4 is 10.1 Å². The maximum Gasteiger partial charge on any atom is 0.417 e. The number of benzene rings is 2. The first kappa shape index (κ1) is 12.0. The summed E-state index contributed by atoms with van der Waals surface area (Å²) in [6.07, 6.45) is -0.954. The first-order valence-electron chi connectivity index (χ1n) is 5.15. The van der Waals surface area contributed by atoms with Crippen LogP contribution in [0.3, 0.4) is 0 Å². The molecule has 0 saturated carbocycles. The lowest BCUT2D eigenvalue weighted by molar-refractivity contribution is 0.213. The van der Waals surface area contributed by atoms with Gasteiger partial charge in [0, 0.05) is 0 Å². The van der Waals surface area contributed by atoms with E-state index in [1.165, 1.54) is 36.4 Å². The number of nitrogens with one attached hydrogen (secondary N) is 1. The maximum atomic E-state index is 13.2. The van der Waals surface area contributed by atoms with Crippen molar-refractivity contribution in [3.05, 3.63) is 60.2 Å². The third kappa shape index (κ3) is 2.82. The maximum absolute atomic E-state index is 13.2. The van der Waals surface area contributed by atoms with Crippen LogP contribution in [0, 0.1) is 11.6 Å². The molecule has 0 radical (unpaired) electrons. The highest BCUT2D eigenvalue weighted by molar-refractivity contribution is 5.86. The van der Waals surface area contributed by atoms with Gasteiger partial charge in [0.05, 0.1) is 5.69 Å². The van der Waals surface area contributed by atoms with Gasteiger partial charge in [-0.1, -0.05) is 24.3 Å². The highest BCUT2D eigenvalue weighted by Crippen LogP contribution is 2.17. The zero-order valence-corrected chi connectivity index (χ0v) is 9.19. The van der Waals surface area contributed by atoms with Crippen LogP contribution in [0.25, 0.3) is 0 Å². The number of hydrogen-bond acceptors (Lipinski definition) is 2. The normalized spacial score (nSPS) is 9.89. The third-order valence-corrected chi connectivity index (χ3v) is 2.15. The molecular weight excluding hydrogens is 240 g/mol. The second-order valence-corrected chi connectivity index (χ2v) is 3.42. The molecule has 18 heavy (non-hydrogen) atoms. The summed E-state index contributed by atoms with van der Waals surface area (Å²) < 4.78 is 31.1. The molecule has 0 unspecified atom stereocenters. The highest BCUT2D eigenvalue weighted by Gasteiger charge is 2.10. The Bertz CT molecular complexity index is 523. The lowest BCUT2D eigenvalue weighted by atomic mass is 10.3. The minimum Gasteiger partial charge on any atom is -0.407 e. The molecule has 0 aliphatic carbocycles. The Kier molecular flexibility index (Phi) is 3.52. The van der Waals surface area contributed by atoms with E-state index in [2.05, 4.69) is 5.32 Å². The average Bonchev–Trinajstić information content (AvgIpc) is 2.35. The van der Waals surface area contributed by atoms with E-state index in [9.17, 15) is 13.6 Å². The van der Waals surface area contributed by atoms with Crippen molar-refractivity contribution >= 4 is 11.8 Å². The van der Waals surface area contributed by atoms with Crippen LogP contribution >= 0.6 is 0 Å². The monoisotopic (exact) mass is 249 g/mol. The van der Waals surface area contributed by atoms with E-state index in [0.29, 0.717) is 0 Å². The van der Waals surface area contributed by atoms with Crippen molar-refractivity contribution in [2.24, 2.45) is 0 Å². The lowest BCUT2D eigenvalue weighted by Gasteiger charge is -2.07. The van der Waals surface area contributed by atoms with E-state index in [-0.39, 0.29) is 11.4 Å². The standard InChI is InChI=1S/C13H9F2NO2/c14-9-5-1-3-7-11(9)16-13(17)18-12-8-4-2-6-10(12)15/h1-8H,(H,16,17). The molecule has 1 amide bonds.